The molecule has 0 bridgehead atoms. The Kier molecular flexibility index (Phi) is 2.69. The van der Waals surface area contributed by atoms with Crippen LogP contribution in [0.25, 0.3) is 0 Å². The topological polar surface area (TPSA) is 49.4 Å². The lowest BCUT2D eigenvalue weighted by Crippen LogP contribution is -2.42. The molecule has 1 aromatic rings. The number of hydrogen-bond acceptors (Lipinski definition) is 4. The highest BCUT2D eigenvalue weighted by Gasteiger charge is 2.34. The van der Waals surface area contributed by atoms with E-state index in [2.05, 4.69) is 5.32 Å². The Balaban J connectivity index is 1.94. The van der Waals surface area contributed by atoms with Crippen LogP contribution in [0.4, 0.5) is 15.8 Å². The van der Waals surface area contributed by atoms with E-state index in [-0.39, 0.29) is 23.4 Å². The summed E-state index contributed by atoms with van der Waals surface area (Å²) >= 11 is 0. The fourth-order valence-electron chi connectivity index (χ4n) is 2.72. The third-order valence-electron chi connectivity index (χ3n) is 3.59. The van der Waals surface area contributed by atoms with Crippen LogP contribution in [-0.4, -0.2) is 39.1 Å². The maximum absolute atomic E-state index is 13.3. The van der Waals surface area contributed by atoms with Crippen molar-refractivity contribution in [3.8, 4) is 0 Å². The van der Waals surface area contributed by atoms with E-state index in [1.54, 1.807) is 6.07 Å². The lowest BCUT2D eigenvalue weighted by Gasteiger charge is -2.36. The van der Waals surface area contributed by atoms with Gasteiger partial charge in [-0.15, -0.1) is 0 Å². The first-order chi connectivity index (χ1) is 8.55. The fraction of sp³-hybridized carbons (Fsp3) is 0.500. The normalized spacial score (nSPS) is 25.6. The first-order valence-corrected chi connectivity index (χ1v) is 7.88. The molecule has 0 amide bonds. The summed E-state index contributed by atoms with van der Waals surface area (Å²) in [5, 5.41) is 3.21. The molecule has 4 nitrogen and oxygen atoms in total. The standard InChI is InChI=1S/C12H15FN2O2S/c13-9-1-2-11-12(7-9)15(5-4-14-11)10-3-6-18(16,17)8-10/h1-2,7,10,14H,3-6,8H2. The Morgan fingerprint density at radius 3 is 2.94 bits per heavy atom. The average Bonchev–Trinajstić information content (AvgIpc) is 2.69. The second-order valence-electron chi connectivity index (χ2n) is 4.84. The van der Waals surface area contributed by atoms with Gasteiger partial charge in [0.2, 0.25) is 0 Å². The van der Waals surface area contributed by atoms with Crippen LogP contribution in [0, 0.1) is 5.82 Å². The molecule has 0 radical (unpaired) electrons. The van der Waals surface area contributed by atoms with Gasteiger partial charge in [-0.25, -0.2) is 12.8 Å². The molecule has 1 fully saturated rings. The van der Waals surface area contributed by atoms with Crippen molar-refractivity contribution in [2.45, 2.75) is 12.5 Å². The zero-order valence-electron chi connectivity index (χ0n) is 9.89. The number of rotatable bonds is 1. The van der Waals surface area contributed by atoms with Gasteiger partial charge in [-0.2, -0.15) is 0 Å². The number of nitrogens with zero attached hydrogens (tertiary/aromatic N) is 1. The smallest absolute Gasteiger partial charge is 0.152 e. The van der Waals surface area contributed by atoms with Gasteiger partial charge in [-0.05, 0) is 24.6 Å². The molecule has 1 saturated heterocycles. The Morgan fingerprint density at radius 1 is 1.39 bits per heavy atom. The first kappa shape index (κ1) is 11.8. The van der Waals surface area contributed by atoms with Crippen LogP contribution in [-0.2, 0) is 9.84 Å². The second kappa shape index (κ2) is 4.12. The number of fused-ring (bicyclic) bond motifs is 1. The molecule has 0 aromatic heterocycles. The van der Waals surface area contributed by atoms with E-state index in [0.29, 0.717) is 6.42 Å². The third-order valence-corrected chi connectivity index (χ3v) is 5.34. The minimum absolute atomic E-state index is 0.0161. The monoisotopic (exact) mass is 270 g/mol. The molecule has 1 N–H and O–H groups in total. The molecular weight excluding hydrogens is 255 g/mol. The zero-order valence-corrected chi connectivity index (χ0v) is 10.7. The van der Waals surface area contributed by atoms with E-state index >= 15 is 0 Å². The van der Waals surface area contributed by atoms with Gasteiger partial charge in [-0.1, -0.05) is 0 Å². The van der Waals surface area contributed by atoms with Crippen molar-refractivity contribution in [1.82, 2.24) is 0 Å². The van der Waals surface area contributed by atoms with Crippen molar-refractivity contribution in [1.29, 1.82) is 0 Å². The predicted molar refractivity (Wildman–Crippen MR) is 69.3 cm³/mol. The second-order valence-corrected chi connectivity index (χ2v) is 7.07. The van der Waals surface area contributed by atoms with Crippen molar-refractivity contribution in [3.63, 3.8) is 0 Å². The molecule has 18 heavy (non-hydrogen) atoms. The minimum atomic E-state index is -2.91. The van der Waals surface area contributed by atoms with E-state index in [0.717, 1.165) is 24.5 Å². The summed E-state index contributed by atoms with van der Waals surface area (Å²) in [4.78, 5) is 2.03. The maximum Gasteiger partial charge on any atom is 0.152 e. The Bertz CT molecular complexity index is 573. The molecular formula is C12H15FN2O2S. The van der Waals surface area contributed by atoms with E-state index in [4.69, 9.17) is 0 Å². The van der Waals surface area contributed by atoms with Crippen LogP contribution in [0.15, 0.2) is 18.2 Å². The first-order valence-electron chi connectivity index (χ1n) is 6.06. The summed E-state index contributed by atoms with van der Waals surface area (Å²) < 4.78 is 36.4. The molecule has 0 saturated carbocycles. The molecule has 6 heteroatoms. The Morgan fingerprint density at radius 2 is 2.22 bits per heavy atom. The van der Waals surface area contributed by atoms with Gasteiger partial charge < -0.3 is 10.2 Å². The molecule has 3 rings (SSSR count). The van der Waals surface area contributed by atoms with E-state index < -0.39 is 9.84 Å². The highest BCUT2D eigenvalue weighted by Crippen LogP contribution is 2.33. The highest BCUT2D eigenvalue weighted by molar-refractivity contribution is 7.91. The van der Waals surface area contributed by atoms with Gasteiger partial charge in [0, 0.05) is 19.1 Å². The summed E-state index contributed by atoms with van der Waals surface area (Å²) in [6.07, 6.45) is 0.637. The molecule has 2 heterocycles. The number of sulfone groups is 1. The van der Waals surface area contributed by atoms with Gasteiger partial charge >= 0.3 is 0 Å². The lowest BCUT2D eigenvalue weighted by atomic mass is 10.1. The van der Waals surface area contributed by atoms with Crippen molar-refractivity contribution < 1.29 is 12.8 Å². The van der Waals surface area contributed by atoms with E-state index in [1.165, 1.54) is 12.1 Å². The van der Waals surface area contributed by atoms with Gasteiger partial charge in [0.1, 0.15) is 5.82 Å². The van der Waals surface area contributed by atoms with Crippen molar-refractivity contribution in [2.75, 3.05) is 34.8 Å². The summed E-state index contributed by atoms with van der Waals surface area (Å²) in [7, 11) is -2.91. The zero-order chi connectivity index (χ0) is 12.8. The quantitative estimate of drug-likeness (QED) is 0.834. The molecule has 98 valence electrons. The van der Waals surface area contributed by atoms with Gasteiger partial charge in [0.15, 0.2) is 9.84 Å². The molecule has 1 atom stereocenters. The number of anilines is 2. The number of nitrogens with one attached hydrogen (secondary N) is 1. The summed E-state index contributed by atoms with van der Waals surface area (Å²) in [5.74, 6) is 0.137. The summed E-state index contributed by atoms with van der Waals surface area (Å²) in [6.45, 7) is 1.48. The molecule has 1 aromatic carbocycles. The fourth-order valence-corrected chi connectivity index (χ4v) is 4.45. The molecule has 0 spiro atoms. The van der Waals surface area contributed by atoms with Crippen molar-refractivity contribution in [2.24, 2.45) is 0 Å². The average molecular weight is 270 g/mol. The van der Waals surface area contributed by atoms with Gasteiger partial charge in [0.05, 0.1) is 22.9 Å². The highest BCUT2D eigenvalue weighted by atomic mass is 32.2. The van der Waals surface area contributed by atoms with E-state index in [9.17, 15) is 12.8 Å². The summed E-state index contributed by atoms with van der Waals surface area (Å²) in [5.41, 5.74) is 1.66. The van der Waals surface area contributed by atoms with Crippen molar-refractivity contribution in [3.05, 3.63) is 24.0 Å². The van der Waals surface area contributed by atoms with Crippen LogP contribution >= 0.6 is 0 Å². The predicted octanol–water partition coefficient (Wildman–Crippen LogP) is 1.24. The van der Waals surface area contributed by atoms with Crippen LogP contribution in [0.3, 0.4) is 0 Å². The van der Waals surface area contributed by atoms with Crippen LogP contribution < -0.4 is 10.2 Å². The third kappa shape index (κ3) is 2.05. The molecule has 2 aliphatic heterocycles. The molecule has 2 aliphatic rings. The van der Waals surface area contributed by atoms with E-state index in [1.807, 2.05) is 4.90 Å². The number of benzene rings is 1. The summed E-state index contributed by atoms with van der Waals surface area (Å²) in [6, 6.07) is 4.59. The molecule has 0 aliphatic carbocycles. The SMILES string of the molecule is O=S1(=O)CCC(N2CCNc3ccc(F)cc32)C1. The van der Waals surface area contributed by atoms with Crippen molar-refractivity contribution >= 4 is 21.2 Å². The Hall–Kier alpha value is -1.30. The van der Waals surface area contributed by atoms with Gasteiger partial charge in [-0.3, -0.25) is 0 Å². The maximum atomic E-state index is 13.3. The minimum Gasteiger partial charge on any atom is -0.382 e. The number of halogens is 1. The van der Waals surface area contributed by atoms with Crippen LogP contribution in [0.1, 0.15) is 6.42 Å². The van der Waals surface area contributed by atoms with Crippen LogP contribution in [0.2, 0.25) is 0 Å². The molecule has 1 unspecified atom stereocenters. The lowest BCUT2D eigenvalue weighted by molar-refractivity contribution is 0.598. The van der Waals surface area contributed by atoms with Gasteiger partial charge in [0.25, 0.3) is 0 Å². The number of hydrogen-bond donors (Lipinski definition) is 1. The van der Waals surface area contributed by atoms with Crippen LogP contribution in [0.5, 0.6) is 0 Å². The largest absolute Gasteiger partial charge is 0.382 e. The Labute approximate surface area is 106 Å².